The standard InChI is InChI=1S/C26H54O3/c1-5-9-10-11-12-13-14-15-16-17-18-19-20-21-22-23-24-25-26(27-6-2,28-7-3)29-8-4/h5-25H2,1-4H3. The second-order valence-corrected chi connectivity index (χ2v) is 8.39. The van der Waals surface area contributed by atoms with Crippen molar-refractivity contribution in [2.45, 2.75) is 149 Å². The molecule has 0 amide bonds. The number of ether oxygens (including phenoxy) is 3. The Bertz CT molecular complexity index is 289. The molecule has 0 aromatic heterocycles. The highest BCUT2D eigenvalue weighted by atomic mass is 16.9. The lowest BCUT2D eigenvalue weighted by Gasteiger charge is -2.32. The van der Waals surface area contributed by atoms with Crippen molar-refractivity contribution in [3.63, 3.8) is 0 Å². The largest absolute Gasteiger partial charge is 0.328 e. The molecule has 0 atom stereocenters. The first kappa shape index (κ1) is 28.9. The molecule has 0 unspecified atom stereocenters. The van der Waals surface area contributed by atoms with E-state index in [1.54, 1.807) is 0 Å². The molecule has 0 aromatic carbocycles. The summed E-state index contributed by atoms with van der Waals surface area (Å²) in [5.74, 6) is -0.812. The monoisotopic (exact) mass is 414 g/mol. The molecule has 0 bridgehead atoms. The maximum absolute atomic E-state index is 5.79. The van der Waals surface area contributed by atoms with E-state index in [0.29, 0.717) is 19.8 Å². The van der Waals surface area contributed by atoms with E-state index in [2.05, 4.69) is 6.92 Å². The van der Waals surface area contributed by atoms with Crippen molar-refractivity contribution in [2.75, 3.05) is 19.8 Å². The highest BCUT2D eigenvalue weighted by Gasteiger charge is 2.31. The Morgan fingerprint density at radius 3 is 0.931 bits per heavy atom. The van der Waals surface area contributed by atoms with Crippen LogP contribution < -0.4 is 0 Å². The molecule has 0 saturated carbocycles. The summed E-state index contributed by atoms with van der Waals surface area (Å²) in [4.78, 5) is 0. The van der Waals surface area contributed by atoms with E-state index in [0.717, 1.165) is 12.8 Å². The third-order valence-electron chi connectivity index (χ3n) is 5.68. The molecule has 0 N–H and O–H groups in total. The summed E-state index contributed by atoms with van der Waals surface area (Å²) >= 11 is 0. The first-order valence-electron chi connectivity index (χ1n) is 13.2. The fraction of sp³-hybridized carbons (Fsp3) is 1.00. The Morgan fingerprint density at radius 1 is 0.379 bits per heavy atom. The molecule has 0 radical (unpaired) electrons. The van der Waals surface area contributed by atoms with Crippen LogP contribution >= 0.6 is 0 Å². The third-order valence-corrected chi connectivity index (χ3v) is 5.68. The van der Waals surface area contributed by atoms with Crippen molar-refractivity contribution in [3.8, 4) is 0 Å². The van der Waals surface area contributed by atoms with Crippen LogP contribution in [-0.2, 0) is 14.2 Å². The van der Waals surface area contributed by atoms with Crippen LogP contribution in [0.1, 0.15) is 143 Å². The summed E-state index contributed by atoms with van der Waals surface area (Å²) in [7, 11) is 0. The number of hydrogen-bond acceptors (Lipinski definition) is 3. The molecule has 3 heteroatoms. The topological polar surface area (TPSA) is 27.7 Å². The molecule has 176 valence electrons. The van der Waals surface area contributed by atoms with Gasteiger partial charge in [0.05, 0.1) is 0 Å². The molecule has 0 aromatic rings. The predicted molar refractivity (Wildman–Crippen MR) is 126 cm³/mol. The summed E-state index contributed by atoms with van der Waals surface area (Å²) in [5.41, 5.74) is 0. The smallest absolute Gasteiger partial charge is 0.282 e. The van der Waals surface area contributed by atoms with Gasteiger partial charge in [-0.25, -0.2) is 0 Å². The molecule has 0 fully saturated rings. The summed E-state index contributed by atoms with van der Waals surface area (Å²) in [6.45, 7) is 10.2. The summed E-state index contributed by atoms with van der Waals surface area (Å²) in [5, 5.41) is 0. The zero-order chi connectivity index (χ0) is 21.5. The molecule has 0 rings (SSSR count). The van der Waals surface area contributed by atoms with Gasteiger partial charge in [-0.2, -0.15) is 0 Å². The predicted octanol–water partition coefficient (Wildman–Crippen LogP) is 8.79. The van der Waals surface area contributed by atoms with E-state index in [-0.39, 0.29) is 0 Å². The van der Waals surface area contributed by atoms with Gasteiger partial charge >= 0.3 is 0 Å². The van der Waals surface area contributed by atoms with E-state index in [9.17, 15) is 0 Å². The van der Waals surface area contributed by atoms with E-state index in [4.69, 9.17) is 14.2 Å². The molecular formula is C26H54O3. The van der Waals surface area contributed by atoms with E-state index in [1.807, 2.05) is 20.8 Å². The van der Waals surface area contributed by atoms with Gasteiger partial charge in [-0.05, 0) is 27.2 Å². The van der Waals surface area contributed by atoms with Crippen LogP contribution in [0.2, 0.25) is 0 Å². The zero-order valence-corrected chi connectivity index (χ0v) is 20.6. The van der Waals surface area contributed by atoms with Crippen LogP contribution in [0.3, 0.4) is 0 Å². The van der Waals surface area contributed by atoms with Gasteiger partial charge in [0, 0.05) is 26.2 Å². The summed E-state index contributed by atoms with van der Waals surface area (Å²) < 4.78 is 17.4. The fourth-order valence-corrected chi connectivity index (χ4v) is 4.07. The van der Waals surface area contributed by atoms with E-state index in [1.165, 1.54) is 103 Å². The highest BCUT2D eigenvalue weighted by molar-refractivity contribution is 4.59. The molecular weight excluding hydrogens is 360 g/mol. The van der Waals surface area contributed by atoms with Crippen LogP contribution in [0.15, 0.2) is 0 Å². The third kappa shape index (κ3) is 18.4. The Hall–Kier alpha value is -0.120. The van der Waals surface area contributed by atoms with Gasteiger partial charge in [0.25, 0.3) is 5.97 Å². The Balaban J connectivity index is 3.43. The Labute approximate surface area is 183 Å². The van der Waals surface area contributed by atoms with Crippen LogP contribution in [0.25, 0.3) is 0 Å². The van der Waals surface area contributed by atoms with Gasteiger partial charge in [0.15, 0.2) is 0 Å². The molecule has 0 aliphatic carbocycles. The zero-order valence-electron chi connectivity index (χ0n) is 20.6. The van der Waals surface area contributed by atoms with Gasteiger partial charge in [-0.1, -0.05) is 110 Å². The van der Waals surface area contributed by atoms with Gasteiger partial charge in [-0.3, -0.25) is 0 Å². The lowest BCUT2D eigenvalue weighted by molar-refractivity contribution is -0.380. The molecule has 0 heterocycles. The lowest BCUT2D eigenvalue weighted by atomic mass is 10.0. The minimum atomic E-state index is -0.812. The van der Waals surface area contributed by atoms with Gasteiger partial charge in [0.2, 0.25) is 0 Å². The number of unbranched alkanes of at least 4 members (excludes halogenated alkanes) is 16. The van der Waals surface area contributed by atoms with Crippen LogP contribution in [0.5, 0.6) is 0 Å². The first-order chi connectivity index (χ1) is 14.2. The van der Waals surface area contributed by atoms with Gasteiger partial charge < -0.3 is 14.2 Å². The number of rotatable bonds is 24. The van der Waals surface area contributed by atoms with Gasteiger partial charge in [0.1, 0.15) is 0 Å². The Kier molecular flexibility index (Phi) is 22.5. The average molecular weight is 415 g/mol. The van der Waals surface area contributed by atoms with Crippen molar-refractivity contribution in [3.05, 3.63) is 0 Å². The molecule has 0 aliphatic heterocycles. The maximum atomic E-state index is 5.79. The van der Waals surface area contributed by atoms with Crippen molar-refractivity contribution >= 4 is 0 Å². The second kappa shape index (κ2) is 22.6. The molecule has 3 nitrogen and oxygen atoms in total. The highest BCUT2D eigenvalue weighted by Crippen LogP contribution is 2.24. The van der Waals surface area contributed by atoms with Crippen molar-refractivity contribution in [2.24, 2.45) is 0 Å². The normalized spacial score (nSPS) is 12.0. The van der Waals surface area contributed by atoms with Crippen LogP contribution in [-0.4, -0.2) is 25.8 Å². The quantitative estimate of drug-likeness (QED) is 0.117. The van der Waals surface area contributed by atoms with Gasteiger partial charge in [-0.15, -0.1) is 0 Å². The molecule has 0 aliphatic rings. The fourth-order valence-electron chi connectivity index (χ4n) is 4.07. The molecule has 0 spiro atoms. The molecule has 29 heavy (non-hydrogen) atoms. The summed E-state index contributed by atoms with van der Waals surface area (Å²) in [6.07, 6.45) is 24.5. The first-order valence-corrected chi connectivity index (χ1v) is 13.2. The number of hydrogen-bond donors (Lipinski definition) is 0. The SMILES string of the molecule is CCCCCCCCCCCCCCCCCCCC(OCC)(OCC)OCC. The average Bonchev–Trinajstić information content (AvgIpc) is 2.71. The van der Waals surface area contributed by atoms with Crippen molar-refractivity contribution < 1.29 is 14.2 Å². The van der Waals surface area contributed by atoms with Crippen LogP contribution in [0, 0.1) is 0 Å². The van der Waals surface area contributed by atoms with E-state index >= 15 is 0 Å². The van der Waals surface area contributed by atoms with Crippen LogP contribution in [0.4, 0.5) is 0 Å². The minimum absolute atomic E-state index is 0.624. The maximum Gasteiger partial charge on any atom is 0.282 e. The Morgan fingerprint density at radius 2 is 0.655 bits per heavy atom. The minimum Gasteiger partial charge on any atom is -0.328 e. The van der Waals surface area contributed by atoms with Crippen molar-refractivity contribution in [1.82, 2.24) is 0 Å². The molecule has 0 saturated heterocycles. The van der Waals surface area contributed by atoms with E-state index < -0.39 is 5.97 Å². The second-order valence-electron chi connectivity index (χ2n) is 8.39. The summed E-state index contributed by atoms with van der Waals surface area (Å²) in [6, 6.07) is 0. The van der Waals surface area contributed by atoms with Crippen molar-refractivity contribution in [1.29, 1.82) is 0 Å². The lowest BCUT2D eigenvalue weighted by Crippen LogP contribution is -2.39.